The zero-order chi connectivity index (χ0) is 30.9. The zero-order valence-corrected chi connectivity index (χ0v) is 27.5. The summed E-state index contributed by atoms with van der Waals surface area (Å²) in [5.41, 5.74) is 9.92. The summed E-state index contributed by atoms with van der Waals surface area (Å²) in [4.78, 5) is 15.6. The van der Waals surface area contributed by atoms with E-state index in [4.69, 9.17) is 66.3 Å². The Kier molecular flexibility index (Phi) is 12.7. The molecule has 0 spiro atoms. The topological polar surface area (TPSA) is 74.0 Å². The lowest BCUT2D eigenvalue weighted by Gasteiger charge is -2.28. The molecule has 1 fully saturated rings. The Morgan fingerprint density at radius 2 is 1.56 bits per heavy atom. The summed E-state index contributed by atoms with van der Waals surface area (Å²) >= 11 is 25.8. The van der Waals surface area contributed by atoms with Crippen molar-refractivity contribution < 1.29 is 19.0 Å². The smallest absolute Gasteiger partial charge is 0.227 e. The SMILES string of the molecule is COCCCc1ccc(CN(C(=O)C(CN)Cc2ccc(OCCOc3c(Cl)cc(C)cc3Cl)cc2)C2CC2)c(Cl)c1Cl. The molecule has 4 rings (SSSR count). The van der Waals surface area contributed by atoms with Crippen molar-refractivity contribution in [3.63, 3.8) is 0 Å². The summed E-state index contributed by atoms with van der Waals surface area (Å²) in [6, 6.07) is 15.5. The third kappa shape index (κ3) is 9.40. The quantitative estimate of drug-likeness (QED) is 0.157. The Labute approximate surface area is 274 Å². The monoisotopic (exact) mass is 666 g/mol. The molecule has 43 heavy (non-hydrogen) atoms. The fraction of sp³-hybridized carbons (Fsp3) is 0.424. The van der Waals surface area contributed by atoms with Gasteiger partial charge in [-0.2, -0.15) is 0 Å². The molecule has 1 aliphatic rings. The number of nitrogens with zero attached hydrogens (tertiary/aromatic N) is 1. The van der Waals surface area contributed by atoms with E-state index in [2.05, 4.69) is 0 Å². The summed E-state index contributed by atoms with van der Waals surface area (Å²) < 4.78 is 16.7. The van der Waals surface area contributed by atoms with E-state index in [0.29, 0.717) is 57.8 Å². The molecule has 0 saturated heterocycles. The predicted octanol–water partition coefficient (Wildman–Crippen LogP) is 7.95. The van der Waals surface area contributed by atoms with E-state index in [1.807, 2.05) is 48.2 Å². The molecule has 0 heterocycles. The number of hydrogen-bond acceptors (Lipinski definition) is 5. The minimum atomic E-state index is -0.354. The van der Waals surface area contributed by atoms with Gasteiger partial charge in [-0.05, 0) is 85.5 Å². The van der Waals surface area contributed by atoms with Gasteiger partial charge in [-0.1, -0.05) is 70.7 Å². The molecule has 0 radical (unpaired) electrons. The molecule has 3 aromatic rings. The van der Waals surface area contributed by atoms with Crippen molar-refractivity contribution in [1.29, 1.82) is 0 Å². The van der Waals surface area contributed by atoms with Crippen LogP contribution in [-0.2, 0) is 28.9 Å². The number of carbonyl (C=O) groups excluding carboxylic acids is 1. The molecule has 1 unspecified atom stereocenters. The Hall–Kier alpha value is -2.19. The highest BCUT2D eigenvalue weighted by molar-refractivity contribution is 6.43. The molecule has 6 nitrogen and oxygen atoms in total. The number of benzene rings is 3. The van der Waals surface area contributed by atoms with Crippen LogP contribution in [0.1, 0.15) is 41.5 Å². The number of methoxy groups -OCH3 is 1. The number of hydrogen-bond donors (Lipinski definition) is 1. The van der Waals surface area contributed by atoms with E-state index < -0.39 is 0 Å². The third-order valence-electron chi connectivity index (χ3n) is 7.43. The first-order chi connectivity index (χ1) is 20.7. The van der Waals surface area contributed by atoms with E-state index in [0.717, 1.165) is 47.9 Å². The highest BCUT2D eigenvalue weighted by Crippen LogP contribution is 2.36. The van der Waals surface area contributed by atoms with Crippen molar-refractivity contribution in [3.8, 4) is 11.5 Å². The van der Waals surface area contributed by atoms with Crippen LogP contribution in [0, 0.1) is 12.8 Å². The highest BCUT2D eigenvalue weighted by atomic mass is 35.5. The summed E-state index contributed by atoms with van der Waals surface area (Å²) in [5.74, 6) is 0.825. The Morgan fingerprint density at radius 3 is 2.19 bits per heavy atom. The molecule has 0 aliphatic heterocycles. The number of amides is 1. The van der Waals surface area contributed by atoms with Crippen molar-refractivity contribution >= 4 is 52.3 Å². The minimum absolute atomic E-state index is 0.0345. The lowest BCUT2D eigenvalue weighted by Crippen LogP contribution is -2.41. The molecular weight excluding hydrogens is 630 g/mol. The number of rotatable bonds is 16. The van der Waals surface area contributed by atoms with Crippen molar-refractivity contribution in [2.75, 3.05) is 33.5 Å². The maximum absolute atomic E-state index is 13.7. The van der Waals surface area contributed by atoms with Gasteiger partial charge in [0, 0.05) is 32.8 Å². The predicted molar refractivity (Wildman–Crippen MR) is 175 cm³/mol. The van der Waals surface area contributed by atoms with Gasteiger partial charge in [-0.3, -0.25) is 4.79 Å². The Morgan fingerprint density at radius 1 is 0.930 bits per heavy atom. The first-order valence-corrected chi connectivity index (χ1v) is 16.0. The second kappa shape index (κ2) is 16.2. The van der Waals surface area contributed by atoms with Gasteiger partial charge in [0.15, 0.2) is 5.75 Å². The molecule has 1 saturated carbocycles. The lowest BCUT2D eigenvalue weighted by atomic mass is 9.97. The largest absolute Gasteiger partial charge is 0.490 e. The average Bonchev–Trinajstić information content (AvgIpc) is 3.83. The third-order valence-corrected chi connectivity index (χ3v) is 8.95. The molecule has 0 aromatic heterocycles. The van der Waals surface area contributed by atoms with Crippen molar-refractivity contribution in [3.05, 3.63) is 90.9 Å². The number of aryl methyl sites for hydroxylation is 2. The van der Waals surface area contributed by atoms with E-state index in [-0.39, 0.29) is 31.0 Å². The standard InChI is InChI=1S/C33H38Cl4N2O4/c1-21-16-28(34)32(29(35)17-21)43-15-14-42-27-11-5-22(6-12-27)18-25(19-38)33(40)39(26-9-10-26)20-24-8-7-23(4-3-13-41-2)30(36)31(24)37/h5-8,11-12,16-17,25-26H,3-4,9-10,13-15,18-20,38H2,1-2H3. The normalized spacial score (nSPS) is 13.6. The van der Waals surface area contributed by atoms with Crippen molar-refractivity contribution in [1.82, 2.24) is 4.90 Å². The van der Waals surface area contributed by atoms with Crippen LogP contribution in [0.25, 0.3) is 0 Å². The van der Waals surface area contributed by atoms with Gasteiger partial charge in [-0.15, -0.1) is 0 Å². The molecule has 10 heteroatoms. The molecule has 0 bridgehead atoms. The maximum Gasteiger partial charge on any atom is 0.227 e. The van der Waals surface area contributed by atoms with Crippen LogP contribution in [0.5, 0.6) is 11.5 Å². The second-order valence-corrected chi connectivity index (χ2v) is 12.4. The summed E-state index contributed by atoms with van der Waals surface area (Å²) in [7, 11) is 1.68. The van der Waals surface area contributed by atoms with E-state index in [9.17, 15) is 4.79 Å². The fourth-order valence-electron chi connectivity index (χ4n) is 4.95. The van der Waals surface area contributed by atoms with Gasteiger partial charge < -0.3 is 24.8 Å². The Balaban J connectivity index is 1.32. The van der Waals surface area contributed by atoms with E-state index in [1.54, 1.807) is 19.2 Å². The zero-order valence-electron chi connectivity index (χ0n) is 24.5. The summed E-state index contributed by atoms with van der Waals surface area (Å²) in [6.07, 6.45) is 4.11. The average molecular weight is 668 g/mol. The summed E-state index contributed by atoms with van der Waals surface area (Å²) in [5, 5.41) is 1.99. The Bertz CT molecular complexity index is 1360. The van der Waals surface area contributed by atoms with E-state index in [1.165, 1.54) is 0 Å². The van der Waals surface area contributed by atoms with Gasteiger partial charge in [-0.25, -0.2) is 0 Å². The van der Waals surface area contributed by atoms with Crippen LogP contribution in [0.2, 0.25) is 20.1 Å². The number of halogens is 4. The number of ether oxygens (including phenoxy) is 3. The molecule has 1 atom stereocenters. The molecular formula is C33H38Cl4N2O4. The number of nitrogens with two attached hydrogens (primary N) is 1. The van der Waals surface area contributed by atoms with Gasteiger partial charge in [0.2, 0.25) is 5.91 Å². The molecule has 1 aliphatic carbocycles. The van der Waals surface area contributed by atoms with E-state index >= 15 is 0 Å². The van der Waals surface area contributed by atoms with Gasteiger partial charge in [0.25, 0.3) is 0 Å². The minimum Gasteiger partial charge on any atom is -0.490 e. The first-order valence-electron chi connectivity index (χ1n) is 14.5. The molecule has 232 valence electrons. The van der Waals surface area contributed by atoms with Crippen LogP contribution in [-0.4, -0.2) is 50.3 Å². The maximum atomic E-state index is 13.7. The fourth-order valence-corrected chi connectivity index (χ4v) is 6.18. The molecule has 1 amide bonds. The van der Waals surface area contributed by atoms with Gasteiger partial charge >= 0.3 is 0 Å². The number of carbonyl (C=O) groups is 1. The van der Waals surface area contributed by atoms with Gasteiger partial charge in [0.1, 0.15) is 19.0 Å². The van der Waals surface area contributed by atoms with Crippen molar-refractivity contribution in [2.45, 2.75) is 51.6 Å². The summed E-state index contributed by atoms with van der Waals surface area (Å²) in [6.45, 7) is 3.84. The highest BCUT2D eigenvalue weighted by Gasteiger charge is 2.36. The molecule has 3 aromatic carbocycles. The molecule has 2 N–H and O–H groups in total. The first kappa shape index (κ1) is 33.7. The van der Waals surface area contributed by atoms with Crippen LogP contribution >= 0.6 is 46.4 Å². The van der Waals surface area contributed by atoms with Crippen LogP contribution in [0.3, 0.4) is 0 Å². The lowest BCUT2D eigenvalue weighted by molar-refractivity contribution is -0.136. The van der Waals surface area contributed by atoms with Crippen LogP contribution in [0.15, 0.2) is 48.5 Å². The van der Waals surface area contributed by atoms with Crippen molar-refractivity contribution in [2.24, 2.45) is 11.7 Å². The van der Waals surface area contributed by atoms with Crippen LogP contribution < -0.4 is 15.2 Å². The van der Waals surface area contributed by atoms with Crippen LogP contribution in [0.4, 0.5) is 0 Å². The second-order valence-electron chi connectivity index (χ2n) is 10.8. The van der Waals surface area contributed by atoms with Gasteiger partial charge in [0.05, 0.1) is 26.0 Å².